The van der Waals surface area contributed by atoms with Crippen LogP contribution in [0.2, 0.25) is 0 Å². The number of quaternary nitrogens is 1. The van der Waals surface area contributed by atoms with Crippen molar-refractivity contribution >= 4 is 98.0 Å². The lowest BCUT2D eigenvalue weighted by atomic mass is 9.90. The van der Waals surface area contributed by atoms with Gasteiger partial charge in [0.25, 0.3) is 0 Å². The first-order valence-electron chi connectivity index (χ1n) is 29.5. The lowest BCUT2D eigenvalue weighted by molar-refractivity contribution is -0.894. The van der Waals surface area contributed by atoms with Gasteiger partial charge in [-0.3, -0.25) is 0 Å². The second kappa shape index (κ2) is 35.5. The molecular weight excluding hydrogens is 1470 g/mol. The maximum Gasteiger partial charge on any atom is 0.416 e. The van der Waals surface area contributed by atoms with Gasteiger partial charge in [-0.25, -0.2) is 0 Å². The van der Waals surface area contributed by atoms with Crippen LogP contribution in [0.5, 0.6) is 0 Å². The maximum absolute atomic E-state index is 13.2. The van der Waals surface area contributed by atoms with Gasteiger partial charge in [0.2, 0.25) is 0 Å². The number of benzene rings is 5. The number of alkyl halides is 24. The molecule has 39 heteroatoms. The lowest BCUT2D eigenvalue weighted by Crippen LogP contribution is -3.11. The number of carbonyl (C=O) groups is 1. The molecular formula is C61H61F24N9O2S4. The summed E-state index contributed by atoms with van der Waals surface area (Å²) in [6, 6.07) is 9.02. The Morgan fingerprint density at radius 1 is 0.350 bits per heavy atom. The fraction of sp³-hybridized carbons (Fsp3) is 0.426. The Morgan fingerprint density at radius 2 is 0.530 bits per heavy atom. The number of hydrogen-bond donors (Lipinski definition) is 9. The van der Waals surface area contributed by atoms with Crippen LogP contribution in [0.4, 0.5) is 128 Å². The Morgan fingerprint density at radius 3 is 0.660 bits per heavy atom. The van der Waals surface area contributed by atoms with Crippen LogP contribution in [-0.4, -0.2) is 70.2 Å². The zero-order chi connectivity index (χ0) is 75.7. The van der Waals surface area contributed by atoms with Crippen LogP contribution in [-0.2, 0) is 49.4 Å². The smallest absolute Gasteiger partial charge is 0.416 e. The average Bonchev–Trinajstić information content (AvgIpc) is 0.823. The predicted molar refractivity (Wildman–Crippen MR) is 339 cm³/mol. The SMILES string of the molecule is CC[NH+](CC)CC.FC(F)(F)c1cc(NC(=S)N[C@@H]2CCCC[C@H]2NC(=S)Nc2cc(C(F)(F)F)cc(C(F)(F)F)c2)cc(C(F)(F)F)c1.FC(F)(F)c1cc(NC(=S)N[C@@H]2CCCC[C@H]2NC(=S)Nc2cc(C(F)(F)F)cc(C(F)(F)F)c2)cc(C(F)(F)F)c1.O=C([O-])c1ccccc1. The van der Waals surface area contributed by atoms with Gasteiger partial charge in [0.1, 0.15) is 0 Å². The maximum atomic E-state index is 13.2. The largest absolute Gasteiger partial charge is 0.545 e. The standard InChI is InChI=1S/2C24H20F12N4S2.C7H6O2.C6H15N/c2*25-21(26,27)11-5-12(22(28,29)30)8-15(7-11)37-19(41)39-17-3-1-2-4-18(17)40-20(42)38-16-9-13(23(31,32)33)6-14(10-16)24(34,35)36;8-7(9)6-4-2-1-3-5-6;1-4-7(5-2)6-3/h2*5-10,17-18H,1-4H2,(H2,37,39,41)(H2,38,40,42);1-5H,(H,8,9);4-6H2,1-3H3/t2*17-,18-;;/m11../s1. The molecule has 0 heterocycles. The highest BCUT2D eigenvalue weighted by molar-refractivity contribution is 7.81. The summed E-state index contributed by atoms with van der Waals surface area (Å²) in [4.78, 5) is 11.8. The highest BCUT2D eigenvalue weighted by atomic mass is 32.1. The Labute approximate surface area is 577 Å². The minimum Gasteiger partial charge on any atom is -0.545 e. The lowest BCUT2D eigenvalue weighted by Gasteiger charge is -2.34. The third kappa shape index (κ3) is 28.2. The Kier molecular flexibility index (Phi) is 30.2. The summed E-state index contributed by atoms with van der Waals surface area (Å²) >= 11 is 20.3. The summed E-state index contributed by atoms with van der Waals surface area (Å²) in [6.07, 6.45) is -36.5. The van der Waals surface area contributed by atoms with E-state index in [4.69, 9.17) is 48.9 Å². The molecule has 9 N–H and O–H groups in total. The van der Waals surface area contributed by atoms with E-state index in [1.54, 1.807) is 23.1 Å². The molecule has 0 amide bonds. The molecule has 2 saturated carbocycles. The molecule has 2 fully saturated rings. The van der Waals surface area contributed by atoms with Gasteiger partial charge >= 0.3 is 49.4 Å². The molecule has 0 radical (unpaired) electrons. The molecule has 0 unspecified atom stereocenters. The van der Waals surface area contributed by atoms with E-state index < -0.39 is 147 Å². The number of aromatic carboxylic acids is 1. The monoisotopic (exact) mass is 1540 g/mol. The highest BCUT2D eigenvalue weighted by Gasteiger charge is 2.42. The van der Waals surface area contributed by atoms with E-state index in [0.29, 0.717) is 99.9 Å². The molecule has 4 atom stereocenters. The van der Waals surface area contributed by atoms with Gasteiger partial charge in [0.05, 0.1) is 70.1 Å². The molecule has 2 aliphatic rings. The van der Waals surface area contributed by atoms with Crippen molar-refractivity contribution in [2.45, 2.75) is 146 Å². The number of anilines is 4. The number of hydrogen-bond acceptors (Lipinski definition) is 6. The topological polar surface area (TPSA) is 141 Å². The third-order valence-corrected chi connectivity index (χ3v) is 15.6. The minimum absolute atomic E-state index is 0.0429. The van der Waals surface area contributed by atoms with Gasteiger partial charge in [-0.2, -0.15) is 105 Å². The van der Waals surface area contributed by atoms with Crippen molar-refractivity contribution in [1.29, 1.82) is 0 Å². The van der Waals surface area contributed by atoms with Gasteiger partial charge in [0.15, 0.2) is 20.4 Å². The molecule has 2 aliphatic carbocycles. The predicted octanol–water partition coefficient (Wildman–Crippen LogP) is 16.7. The van der Waals surface area contributed by atoms with Crippen LogP contribution in [0.25, 0.3) is 0 Å². The van der Waals surface area contributed by atoms with E-state index in [0.717, 1.165) is 0 Å². The summed E-state index contributed by atoms with van der Waals surface area (Å²) in [5.41, 5.74) is -14.6. The number of carboxylic acids is 1. The first-order valence-corrected chi connectivity index (χ1v) is 31.1. The molecule has 5 aromatic rings. The van der Waals surface area contributed by atoms with Gasteiger partial charge in [-0.05, 0) is 174 Å². The van der Waals surface area contributed by atoms with Gasteiger partial charge in [-0.15, -0.1) is 0 Å². The molecule has 5 aromatic carbocycles. The van der Waals surface area contributed by atoms with Crippen LogP contribution >= 0.6 is 48.9 Å². The number of rotatable bonds is 12. The zero-order valence-electron chi connectivity index (χ0n) is 51.9. The molecule has 11 nitrogen and oxygen atoms in total. The molecule has 0 spiro atoms. The number of thiocarbonyl (C=S) groups is 4. The van der Waals surface area contributed by atoms with Crippen molar-refractivity contribution in [1.82, 2.24) is 21.3 Å². The van der Waals surface area contributed by atoms with E-state index in [9.17, 15) is 115 Å². The van der Waals surface area contributed by atoms with Gasteiger partial charge < -0.3 is 57.3 Å². The summed E-state index contributed by atoms with van der Waals surface area (Å²) < 4.78 is 316. The second-order valence-electron chi connectivity index (χ2n) is 22.0. The number of halogens is 24. The average molecular weight is 1540 g/mol. The fourth-order valence-electron chi connectivity index (χ4n) is 9.73. The number of nitrogens with one attached hydrogen (secondary N) is 9. The van der Waals surface area contributed by atoms with Crippen LogP contribution < -0.4 is 52.5 Å². The molecule has 100 heavy (non-hydrogen) atoms. The normalized spacial score (nSPS) is 16.9. The van der Waals surface area contributed by atoms with E-state index >= 15 is 0 Å². The van der Waals surface area contributed by atoms with Crippen LogP contribution in [0, 0.1) is 0 Å². The summed E-state index contributed by atoms with van der Waals surface area (Å²) in [7, 11) is 0. The van der Waals surface area contributed by atoms with Crippen molar-refractivity contribution in [2.75, 3.05) is 40.9 Å². The summed E-state index contributed by atoms with van der Waals surface area (Å²) in [5.74, 6) is -1.13. The second-order valence-corrected chi connectivity index (χ2v) is 23.7. The van der Waals surface area contributed by atoms with Crippen LogP contribution in [0.1, 0.15) is 127 Å². The number of carbonyl (C=O) groups excluding carboxylic acids is 1. The van der Waals surface area contributed by atoms with E-state index in [1.165, 1.54) is 31.8 Å². The molecule has 0 aliphatic heterocycles. The van der Waals surface area contributed by atoms with Crippen molar-refractivity contribution in [2.24, 2.45) is 0 Å². The van der Waals surface area contributed by atoms with Crippen LogP contribution in [0.15, 0.2) is 103 Å². The van der Waals surface area contributed by atoms with E-state index in [1.807, 2.05) is 0 Å². The van der Waals surface area contributed by atoms with Crippen molar-refractivity contribution < 1.29 is 120 Å². The van der Waals surface area contributed by atoms with E-state index in [2.05, 4.69) is 63.3 Å². The van der Waals surface area contributed by atoms with Crippen molar-refractivity contribution in [3.63, 3.8) is 0 Å². The molecule has 7 rings (SSSR count). The highest BCUT2D eigenvalue weighted by Crippen LogP contribution is 2.42. The number of carboxylic acid groups (broad SMARTS) is 1. The van der Waals surface area contributed by atoms with Crippen molar-refractivity contribution in [3.8, 4) is 0 Å². The first-order chi connectivity index (χ1) is 45.9. The van der Waals surface area contributed by atoms with Gasteiger partial charge in [-0.1, -0.05) is 56.0 Å². The van der Waals surface area contributed by atoms with E-state index in [-0.39, 0.29) is 50.3 Å². The minimum atomic E-state index is -5.08. The van der Waals surface area contributed by atoms with Gasteiger partial charge in [0, 0.05) is 46.9 Å². The Balaban J connectivity index is 0.000000346. The fourth-order valence-corrected chi connectivity index (χ4v) is 10.8. The third-order valence-electron chi connectivity index (χ3n) is 14.7. The molecule has 554 valence electrons. The summed E-state index contributed by atoms with van der Waals surface area (Å²) in [6.45, 7) is 10.5. The molecule has 0 saturated heterocycles. The van der Waals surface area contributed by atoms with Crippen LogP contribution in [0.3, 0.4) is 0 Å². The quantitative estimate of drug-likeness (QED) is 0.0432. The molecule has 0 bridgehead atoms. The van der Waals surface area contributed by atoms with Crippen molar-refractivity contribution in [3.05, 3.63) is 153 Å². The Bertz CT molecular complexity index is 3030. The zero-order valence-corrected chi connectivity index (χ0v) is 55.2. The molecule has 0 aromatic heterocycles. The summed E-state index contributed by atoms with van der Waals surface area (Å²) in [5, 5.41) is 29.1. The first kappa shape index (κ1) is 85.0. The Hall–Kier alpha value is -7.39.